The van der Waals surface area contributed by atoms with Gasteiger partial charge in [-0.3, -0.25) is 9.59 Å². The first-order valence-electron chi connectivity index (χ1n) is 9.06. The van der Waals surface area contributed by atoms with E-state index in [1.54, 1.807) is 0 Å². The summed E-state index contributed by atoms with van der Waals surface area (Å²) in [5, 5.41) is 3.16. The molecule has 1 N–H and O–H groups in total. The molecule has 1 fully saturated rings. The second kappa shape index (κ2) is 8.52. The van der Waals surface area contributed by atoms with E-state index in [1.165, 1.54) is 0 Å². The predicted octanol–water partition coefficient (Wildman–Crippen LogP) is 2.78. The van der Waals surface area contributed by atoms with E-state index < -0.39 is 0 Å². The van der Waals surface area contributed by atoms with Crippen molar-refractivity contribution in [2.75, 3.05) is 38.0 Å². The van der Waals surface area contributed by atoms with E-state index in [2.05, 4.69) is 5.32 Å². The van der Waals surface area contributed by atoms with Crippen LogP contribution in [0.5, 0.6) is 0 Å². The van der Waals surface area contributed by atoms with Crippen LogP contribution in [0.1, 0.15) is 22.3 Å². The molecule has 5 heteroatoms. The molecule has 0 unspecified atom stereocenters. The summed E-state index contributed by atoms with van der Waals surface area (Å²) in [6, 6.07) is 17.4. The first-order valence-corrected chi connectivity index (χ1v) is 9.06. The molecular weight excluding hydrogens is 326 g/mol. The highest BCUT2D eigenvalue weighted by molar-refractivity contribution is 5.94. The fraction of sp³-hybridized carbons (Fsp3) is 0.333. The summed E-state index contributed by atoms with van der Waals surface area (Å²) in [5.41, 5.74) is 2.73. The van der Waals surface area contributed by atoms with Gasteiger partial charge in [-0.2, -0.15) is 0 Å². The molecule has 136 valence electrons. The number of rotatable bonds is 4. The maximum Gasteiger partial charge on any atom is 0.253 e. The fourth-order valence-corrected chi connectivity index (χ4v) is 3.18. The van der Waals surface area contributed by atoms with Gasteiger partial charge < -0.3 is 15.1 Å². The molecule has 3 rings (SSSR count). The Kier molecular flexibility index (Phi) is 5.89. The topological polar surface area (TPSA) is 52.7 Å². The molecule has 1 aliphatic heterocycles. The number of carbonyl (C=O) groups excluding carboxylic acids is 2. The summed E-state index contributed by atoms with van der Waals surface area (Å²) >= 11 is 0. The number of nitrogens with one attached hydrogen (secondary N) is 1. The molecule has 2 aromatic rings. The number of nitrogens with zero attached hydrogens (tertiary/aromatic N) is 2. The Labute approximate surface area is 154 Å². The van der Waals surface area contributed by atoms with E-state index in [0.29, 0.717) is 26.2 Å². The Morgan fingerprint density at radius 1 is 0.923 bits per heavy atom. The summed E-state index contributed by atoms with van der Waals surface area (Å²) in [6.07, 6.45) is 0.800. The van der Waals surface area contributed by atoms with Crippen LogP contribution in [0, 0.1) is 6.92 Å². The van der Waals surface area contributed by atoms with E-state index in [0.717, 1.165) is 23.2 Å². The van der Waals surface area contributed by atoms with Crippen LogP contribution in [-0.2, 0) is 4.79 Å². The largest absolute Gasteiger partial charge is 0.376 e. The van der Waals surface area contributed by atoms with E-state index in [-0.39, 0.29) is 18.4 Å². The Balaban J connectivity index is 1.54. The van der Waals surface area contributed by atoms with Crippen molar-refractivity contribution in [2.24, 2.45) is 0 Å². The van der Waals surface area contributed by atoms with Gasteiger partial charge >= 0.3 is 0 Å². The smallest absolute Gasteiger partial charge is 0.253 e. The van der Waals surface area contributed by atoms with Crippen molar-refractivity contribution < 1.29 is 9.59 Å². The van der Waals surface area contributed by atoms with Crippen LogP contribution >= 0.6 is 0 Å². The van der Waals surface area contributed by atoms with Gasteiger partial charge in [0.05, 0.1) is 6.54 Å². The molecule has 0 saturated carbocycles. The van der Waals surface area contributed by atoms with Crippen LogP contribution in [0.3, 0.4) is 0 Å². The summed E-state index contributed by atoms with van der Waals surface area (Å²) in [4.78, 5) is 28.9. The SMILES string of the molecule is Cc1cccc(C(=O)N2CCCN(C(=O)CNc3ccccc3)CC2)c1. The van der Waals surface area contributed by atoms with E-state index in [4.69, 9.17) is 0 Å². The van der Waals surface area contributed by atoms with E-state index >= 15 is 0 Å². The number of para-hydroxylation sites is 1. The quantitative estimate of drug-likeness (QED) is 0.922. The standard InChI is InChI=1S/C21H25N3O2/c1-17-7-5-8-18(15-17)21(26)24-12-6-11-23(13-14-24)20(25)16-22-19-9-3-2-4-10-19/h2-5,7-10,15,22H,6,11-14,16H2,1H3. The molecule has 2 amide bonds. The monoisotopic (exact) mass is 351 g/mol. The van der Waals surface area contributed by atoms with Crippen molar-refractivity contribution in [2.45, 2.75) is 13.3 Å². The van der Waals surface area contributed by atoms with Gasteiger partial charge in [0.25, 0.3) is 5.91 Å². The minimum absolute atomic E-state index is 0.0467. The maximum absolute atomic E-state index is 12.7. The number of aryl methyl sites for hydroxylation is 1. The maximum atomic E-state index is 12.7. The third-order valence-corrected chi connectivity index (χ3v) is 4.62. The van der Waals surface area contributed by atoms with Crippen molar-refractivity contribution in [1.82, 2.24) is 9.80 Å². The van der Waals surface area contributed by atoms with Gasteiger partial charge in [0.15, 0.2) is 0 Å². The lowest BCUT2D eigenvalue weighted by Crippen LogP contribution is -2.39. The van der Waals surface area contributed by atoms with Gasteiger partial charge in [0, 0.05) is 37.4 Å². The Bertz CT molecular complexity index is 761. The van der Waals surface area contributed by atoms with Crippen molar-refractivity contribution in [3.63, 3.8) is 0 Å². The van der Waals surface area contributed by atoms with Gasteiger partial charge in [-0.05, 0) is 37.6 Å². The van der Waals surface area contributed by atoms with Crippen LogP contribution in [0.15, 0.2) is 54.6 Å². The lowest BCUT2D eigenvalue weighted by Gasteiger charge is -2.22. The van der Waals surface area contributed by atoms with Crippen LogP contribution < -0.4 is 5.32 Å². The molecule has 0 bridgehead atoms. The summed E-state index contributed by atoms with van der Waals surface area (Å²) < 4.78 is 0. The van der Waals surface area contributed by atoms with Crippen molar-refractivity contribution in [3.05, 3.63) is 65.7 Å². The van der Waals surface area contributed by atoms with Crippen molar-refractivity contribution in [1.29, 1.82) is 0 Å². The molecule has 0 spiro atoms. The van der Waals surface area contributed by atoms with Crippen LogP contribution in [0.4, 0.5) is 5.69 Å². The third-order valence-electron chi connectivity index (χ3n) is 4.62. The second-order valence-electron chi connectivity index (χ2n) is 6.62. The van der Waals surface area contributed by atoms with Gasteiger partial charge in [0.2, 0.25) is 5.91 Å². The first kappa shape index (κ1) is 18.0. The predicted molar refractivity (Wildman–Crippen MR) is 103 cm³/mol. The zero-order chi connectivity index (χ0) is 18.4. The van der Waals surface area contributed by atoms with Crippen LogP contribution in [0.25, 0.3) is 0 Å². The fourth-order valence-electron chi connectivity index (χ4n) is 3.18. The number of amides is 2. The molecule has 0 radical (unpaired) electrons. The molecule has 0 atom stereocenters. The Morgan fingerprint density at radius 2 is 1.65 bits per heavy atom. The second-order valence-corrected chi connectivity index (χ2v) is 6.62. The van der Waals surface area contributed by atoms with Crippen molar-refractivity contribution in [3.8, 4) is 0 Å². The molecular formula is C21H25N3O2. The lowest BCUT2D eigenvalue weighted by molar-refractivity contribution is -0.129. The van der Waals surface area contributed by atoms with Gasteiger partial charge in [-0.15, -0.1) is 0 Å². The number of benzene rings is 2. The average Bonchev–Trinajstić information content (AvgIpc) is 2.92. The van der Waals surface area contributed by atoms with Crippen LogP contribution in [-0.4, -0.2) is 54.3 Å². The molecule has 1 aliphatic rings. The minimum Gasteiger partial charge on any atom is -0.376 e. The molecule has 5 nitrogen and oxygen atoms in total. The Hall–Kier alpha value is -2.82. The van der Waals surface area contributed by atoms with E-state index in [1.807, 2.05) is 71.3 Å². The zero-order valence-corrected chi connectivity index (χ0v) is 15.1. The zero-order valence-electron chi connectivity index (χ0n) is 15.1. The first-order chi connectivity index (χ1) is 12.6. The number of carbonyl (C=O) groups is 2. The molecule has 1 heterocycles. The molecule has 2 aromatic carbocycles. The van der Waals surface area contributed by atoms with Crippen molar-refractivity contribution >= 4 is 17.5 Å². The summed E-state index contributed by atoms with van der Waals surface area (Å²) in [5.74, 6) is 0.115. The van der Waals surface area contributed by atoms with Gasteiger partial charge in [0.1, 0.15) is 0 Å². The van der Waals surface area contributed by atoms with Crippen LogP contribution in [0.2, 0.25) is 0 Å². The van der Waals surface area contributed by atoms with E-state index in [9.17, 15) is 9.59 Å². The highest BCUT2D eigenvalue weighted by Crippen LogP contribution is 2.12. The molecule has 26 heavy (non-hydrogen) atoms. The number of anilines is 1. The summed E-state index contributed by atoms with van der Waals surface area (Å²) in [7, 11) is 0. The van der Waals surface area contributed by atoms with Gasteiger partial charge in [-0.1, -0.05) is 35.9 Å². The number of hydrogen-bond acceptors (Lipinski definition) is 3. The number of hydrogen-bond donors (Lipinski definition) is 1. The molecule has 1 saturated heterocycles. The third kappa shape index (κ3) is 4.63. The van der Waals surface area contributed by atoms with Gasteiger partial charge in [-0.25, -0.2) is 0 Å². The lowest BCUT2D eigenvalue weighted by atomic mass is 10.1. The minimum atomic E-state index is 0.0467. The normalized spacial score (nSPS) is 14.7. The Morgan fingerprint density at radius 3 is 2.42 bits per heavy atom. The summed E-state index contributed by atoms with van der Waals surface area (Å²) in [6.45, 7) is 4.78. The average molecular weight is 351 g/mol. The molecule has 0 aliphatic carbocycles. The molecule has 0 aromatic heterocycles. The highest BCUT2D eigenvalue weighted by atomic mass is 16.2. The highest BCUT2D eigenvalue weighted by Gasteiger charge is 2.22.